The van der Waals surface area contributed by atoms with Gasteiger partial charge in [-0.25, -0.2) is 9.18 Å². The van der Waals surface area contributed by atoms with E-state index in [1.54, 1.807) is 31.2 Å². The second-order valence-electron chi connectivity index (χ2n) is 6.03. The van der Waals surface area contributed by atoms with Gasteiger partial charge in [0, 0.05) is 16.3 Å². The second-order valence-corrected chi connectivity index (χ2v) is 6.47. The first kappa shape index (κ1) is 20.4. The molecule has 1 heterocycles. The van der Waals surface area contributed by atoms with E-state index in [0.717, 1.165) is 10.9 Å². The van der Waals surface area contributed by atoms with Gasteiger partial charge in [-0.2, -0.15) is 0 Å². The van der Waals surface area contributed by atoms with Crippen molar-refractivity contribution < 1.29 is 18.7 Å². The Kier molecular flexibility index (Phi) is 6.50. The predicted octanol–water partition coefficient (Wildman–Crippen LogP) is 3.27. The third-order valence-electron chi connectivity index (χ3n) is 3.92. The zero-order chi connectivity index (χ0) is 20.8. The Morgan fingerprint density at radius 1 is 1.24 bits per heavy atom. The van der Waals surface area contributed by atoms with E-state index in [1.807, 2.05) is 0 Å². The number of amides is 1. The van der Waals surface area contributed by atoms with Gasteiger partial charge in [0.2, 0.25) is 5.82 Å². The third-order valence-corrected chi connectivity index (χ3v) is 4.17. The number of nitrogens with zero attached hydrogens (tertiary/aromatic N) is 4. The van der Waals surface area contributed by atoms with Crippen molar-refractivity contribution in [3.63, 3.8) is 0 Å². The molecule has 3 rings (SSSR count). The summed E-state index contributed by atoms with van der Waals surface area (Å²) in [5.41, 5.74) is 0.960. The fraction of sp³-hybridized carbons (Fsp3) is 0.211. The number of nitrogens with one attached hydrogen (secondary N) is 1. The summed E-state index contributed by atoms with van der Waals surface area (Å²) >= 11 is 5.86. The molecule has 3 aromatic rings. The molecule has 29 heavy (non-hydrogen) atoms. The number of tetrazole rings is 1. The highest BCUT2D eigenvalue weighted by molar-refractivity contribution is 6.30. The van der Waals surface area contributed by atoms with Gasteiger partial charge in [-0.1, -0.05) is 24.6 Å². The maximum absolute atomic E-state index is 13.1. The van der Waals surface area contributed by atoms with Gasteiger partial charge >= 0.3 is 5.97 Å². The van der Waals surface area contributed by atoms with Crippen LogP contribution in [0.4, 0.5) is 10.1 Å². The first-order valence-electron chi connectivity index (χ1n) is 8.73. The van der Waals surface area contributed by atoms with E-state index in [4.69, 9.17) is 16.3 Å². The van der Waals surface area contributed by atoms with E-state index >= 15 is 0 Å². The zero-order valence-corrected chi connectivity index (χ0v) is 16.1. The van der Waals surface area contributed by atoms with Crippen LogP contribution in [0.1, 0.15) is 19.4 Å². The molecule has 1 N–H and O–H groups in total. The van der Waals surface area contributed by atoms with Gasteiger partial charge in [0.05, 0.1) is 0 Å². The molecule has 8 nitrogen and oxygen atoms in total. The van der Waals surface area contributed by atoms with E-state index in [1.165, 1.54) is 18.2 Å². The van der Waals surface area contributed by atoms with Crippen molar-refractivity contribution in [2.45, 2.75) is 19.4 Å². The first-order chi connectivity index (χ1) is 14.0. The molecule has 0 bridgehead atoms. The van der Waals surface area contributed by atoms with Crippen LogP contribution in [-0.2, 0) is 14.3 Å². The summed E-state index contributed by atoms with van der Waals surface area (Å²) in [7, 11) is 0. The zero-order valence-electron chi connectivity index (χ0n) is 15.4. The maximum Gasteiger partial charge on any atom is 0.333 e. The van der Waals surface area contributed by atoms with Gasteiger partial charge in [-0.3, -0.25) is 4.79 Å². The highest BCUT2D eigenvalue weighted by atomic mass is 35.5. The molecule has 1 aromatic heterocycles. The van der Waals surface area contributed by atoms with Crippen LogP contribution in [0.5, 0.6) is 0 Å². The largest absolute Gasteiger partial charge is 0.454 e. The number of ether oxygens (including phenoxy) is 1. The number of hydrogen-bond acceptors (Lipinski definition) is 6. The molecule has 0 saturated carbocycles. The Labute approximate surface area is 170 Å². The molecule has 0 radical (unpaired) electrons. The number of esters is 1. The van der Waals surface area contributed by atoms with E-state index < -0.39 is 30.3 Å². The Balaban J connectivity index is 1.60. The van der Waals surface area contributed by atoms with E-state index in [-0.39, 0.29) is 5.69 Å². The summed E-state index contributed by atoms with van der Waals surface area (Å²) in [4.78, 5) is 25.4. The number of carbonyl (C=O) groups excluding carboxylic acids is 2. The molecule has 1 atom stereocenters. The van der Waals surface area contributed by atoms with Crippen molar-refractivity contribution >= 4 is 29.2 Å². The lowest BCUT2D eigenvalue weighted by atomic mass is 10.2. The summed E-state index contributed by atoms with van der Waals surface area (Å²) in [6, 6.07) is 11.4. The average molecular weight is 418 g/mol. The van der Waals surface area contributed by atoms with Crippen LogP contribution in [0.2, 0.25) is 5.02 Å². The van der Waals surface area contributed by atoms with Crippen molar-refractivity contribution in [2.24, 2.45) is 0 Å². The van der Waals surface area contributed by atoms with E-state index in [9.17, 15) is 14.0 Å². The first-order valence-corrected chi connectivity index (χ1v) is 9.11. The monoisotopic (exact) mass is 417 g/mol. The summed E-state index contributed by atoms with van der Waals surface area (Å²) in [5.74, 6) is -1.43. The molecule has 0 aliphatic rings. The van der Waals surface area contributed by atoms with Gasteiger partial charge in [-0.15, -0.1) is 15.0 Å². The molecule has 10 heteroatoms. The van der Waals surface area contributed by atoms with Gasteiger partial charge < -0.3 is 10.1 Å². The minimum absolute atomic E-state index is 0.267. The standard InChI is InChI=1S/C19H17ClFN5O3/c1-2-16(26-24-18(23-25-26)12-6-8-13(20)9-7-12)19(28)29-11-17(27)22-15-5-3-4-14(21)10-15/h3-10,16H,2,11H2,1H3,(H,22,27). The topological polar surface area (TPSA) is 99.0 Å². The predicted molar refractivity (Wildman–Crippen MR) is 104 cm³/mol. The molecule has 1 unspecified atom stereocenters. The smallest absolute Gasteiger partial charge is 0.333 e. The minimum atomic E-state index is -0.842. The number of carbonyl (C=O) groups is 2. The normalized spacial score (nSPS) is 11.7. The molecule has 0 saturated heterocycles. The summed E-state index contributed by atoms with van der Waals surface area (Å²) < 4.78 is 18.2. The Morgan fingerprint density at radius 2 is 2.00 bits per heavy atom. The molecule has 0 aliphatic heterocycles. The molecular formula is C19H17ClFN5O3. The van der Waals surface area contributed by atoms with Crippen molar-refractivity contribution in [1.82, 2.24) is 20.2 Å². The molecule has 0 fully saturated rings. The van der Waals surface area contributed by atoms with Crippen LogP contribution in [0.3, 0.4) is 0 Å². The van der Waals surface area contributed by atoms with Crippen LogP contribution in [0, 0.1) is 5.82 Å². The summed E-state index contributed by atoms with van der Waals surface area (Å²) in [5, 5.41) is 15.1. The van der Waals surface area contributed by atoms with E-state index in [0.29, 0.717) is 22.8 Å². The van der Waals surface area contributed by atoms with Crippen LogP contribution in [-0.4, -0.2) is 38.7 Å². The number of halogens is 2. The lowest BCUT2D eigenvalue weighted by Gasteiger charge is -2.12. The number of hydrogen-bond donors (Lipinski definition) is 1. The van der Waals surface area contributed by atoms with Crippen molar-refractivity contribution in [3.8, 4) is 11.4 Å². The van der Waals surface area contributed by atoms with Gasteiger partial charge in [0.15, 0.2) is 12.6 Å². The average Bonchev–Trinajstić information content (AvgIpc) is 3.17. The summed E-state index contributed by atoms with van der Waals surface area (Å²) in [6.07, 6.45) is 0.334. The van der Waals surface area contributed by atoms with E-state index in [2.05, 4.69) is 20.7 Å². The SMILES string of the molecule is CCC(C(=O)OCC(=O)Nc1cccc(F)c1)n1nnc(-c2ccc(Cl)cc2)n1. The second kappa shape index (κ2) is 9.24. The highest BCUT2D eigenvalue weighted by Crippen LogP contribution is 2.19. The fourth-order valence-electron chi connectivity index (χ4n) is 2.49. The number of benzene rings is 2. The lowest BCUT2D eigenvalue weighted by molar-refractivity contribution is -0.151. The Hall–Kier alpha value is -3.33. The molecule has 0 aliphatic carbocycles. The molecule has 1 amide bonds. The Bertz CT molecular complexity index is 1010. The van der Waals surface area contributed by atoms with Crippen molar-refractivity contribution in [1.29, 1.82) is 0 Å². The van der Waals surface area contributed by atoms with Crippen LogP contribution < -0.4 is 5.32 Å². The van der Waals surface area contributed by atoms with Crippen LogP contribution in [0.15, 0.2) is 48.5 Å². The van der Waals surface area contributed by atoms with Gasteiger partial charge in [0.25, 0.3) is 5.91 Å². The lowest BCUT2D eigenvalue weighted by Crippen LogP contribution is -2.27. The highest BCUT2D eigenvalue weighted by Gasteiger charge is 2.24. The van der Waals surface area contributed by atoms with Crippen LogP contribution >= 0.6 is 11.6 Å². The molecular weight excluding hydrogens is 401 g/mol. The number of anilines is 1. The molecule has 150 valence electrons. The molecule has 2 aromatic carbocycles. The fourth-order valence-corrected chi connectivity index (χ4v) is 2.62. The van der Waals surface area contributed by atoms with Crippen molar-refractivity contribution in [3.05, 3.63) is 59.4 Å². The minimum Gasteiger partial charge on any atom is -0.454 e. The number of aromatic nitrogens is 4. The van der Waals surface area contributed by atoms with Crippen LogP contribution in [0.25, 0.3) is 11.4 Å². The quantitative estimate of drug-likeness (QED) is 0.592. The van der Waals surface area contributed by atoms with Gasteiger partial charge in [-0.05, 0) is 54.1 Å². The Morgan fingerprint density at radius 3 is 2.69 bits per heavy atom. The van der Waals surface area contributed by atoms with Crippen molar-refractivity contribution in [2.75, 3.05) is 11.9 Å². The maximum atomic E-state index is 13.1. The van der Waals surface area contributed by atoms with Gasteiger partial charge in [0.1, 0.15) is 5.82 Å². The third kappa shape index (κ3) is 5.35. The summed E-state index contributed by atoms with van der Waals surface area (Å²) in [6.45, 7) is 1.23. The molecule has 0 spiro atoms. The number of rotatable bonds is 7.